The van der Waals surface area contributed by atoms with E-state index in [1.54, 1.807) is 0 Å². The van der Waals surface area contributed by atoms with Crippen molar-refractivity contribution in [2.24, 2.45) is 5.92 Å². The van der Waals surface area contributed by atoms with E-state index in [9.17, 15) is 14.8 Å². The van der Waals surface area contributed by atoms with E-state index in [-0.39, 0.29) is 36.2 Å². The fourth-order valence-electron chi connectivity index (χ4n) is 7.16. The monoisotopic (exact) mass is 639 g/mol. The average Bonchev–Trinajstić information content (AvgIpc) is 3.58. The van der Waals surface area contributed by atoms with E-state index in [4.69, 9.17) is 29.7 Å². The second kappa shape index (κ2) is 11.4. The van der Waals surface area contributed by atoms with Crippen LogP contribution in [0.3, 0.4) is 0 Å². The summed E-state index contributed by atoms with van der Waals surface area (Å²) in [5.74, 6) is 1.09. The first-order valence-corrected chi connectivity index (χ1v) is 16.4. The number of rotatable bonds is 7. The van der Waals surface area contributed by atoms with Crippen LogP contribution in [0.4, 0.5) is 15.3 Å². The van der Waals surface area contributed by atoms with Crippen molar-refractivity contribution in [1.29, 1.82) is 5.26 Å². The van der Waals surface area contributed by atoms with Crippen LogP contribution >= 0.6 is 11.3 Å². The number of aromatic nitrogens is 5. The van der Waals surface area contributed by atoms with Crippen LogP contribution in [0, 0.1) is 17.2 Å². The van der Waals surface area contributed by atoms with E-state index in [1.165, 1.54) is 11.3 Å². The SMILES string of the molecule is C[C@H](Oc1nc(-c2noc([C@@]3(C)CCCc4sc(N)c(C#N)c43)n2)nc(N2CCOCC(O)(C3CC3)C2)n1)[C@@H]1C[C@@H](F)CN1C. The highest BCUT2D eigenvalue weighted by molar-refractivity contribution is 7.16. The molecule has 45 heavy (non-hydrogen) atoms. The van der Waals surface area contributed by atoms with Gasteiger partial charge in [-0.2, -0.15) is 25.2 Å². The predicted molar refractivity (Wildman–Crippen MR) is 163 cm³/mol. The molecule has 0 amide bonds. The van der Waals surface area contributed by atoms with E-state index >= 15 is 0 Å². The minimum absolute atomic E-state index is 0.0493. The van der Waals surface area contributed by atoms with E-state index in [2.05, 4.69) is 21.2 Å². The Morgan fingerprint density at radius 2 is 2.07 bits per heavy atom. The lowest BCUT2D eigenvalue weighted by Gasteiger charge is -2.31. The minimum atomic E-state index is -1.02. The van der Waals surface area contributed by atoms with Crippen LogP contribution in [-0.2, 0) is 16.6 Å². The highest BCUT2D eigenvalue weighted by Gasteiger charge is 2.47. The normalized spacial score (nSPS) is 29.6. The van der Waals surface area contributed by atoms with E-state index in [0.717, 1.165) is 36.1 Å². The van der Waals surface area contributed by atoms with Gasteiger partial charge in [-0.05, 0) is 65.3 Å². The number of halogens is 1. The Labute approximate surface area is 264 Å². The molecule has 5 atom stereocenters. The summed E-state index contributed by atoms with van der Waals surface area (Å²) < 4.78 is 32.1. The molecule has 0 radical (unpaired) electrons. The van der Waals surface area contributed by atoms with E-state index < -0.39 is 23.3 Å². The highest BCUT2D eigenvalue weighted by atomic mass is 32.1. The zero-order valence-electron chi connectivity index (χ0n) is 25.7. The third kappa shape index (κ3) is 5.51. The van der Waals surface area contributed by atoms with Crippen molar-refractivity contribution in [3.05, 3.63) is 21.9 Å². The maximum Gasteiger partial charge on any atom is 0.322 e. The molecule has 15 heteroatoms. The van der Waals surface area contributed by atoms with Crippen molar-refractivity contribution in [2.75, 3.05) is 50.5 Å². The van der Waals surface area contributed by atoms with Crippen LogP contribution in [0.2, 0.25) is 0 Å². The third-order valence-corrected chi connectivity index (χ3v) is 10.9. The molecule has 2 aliphatic carbocycles. The number of likely N-dealkylation sites (tertiary alicyclic amines) is 1. The zero-order chi connectivity index (χ0) is 31.5. The molecule has 3 N–H and O–H groups in total. The number of hydrogen-bond donors (Lipinski definition) is 2. The summed E-state index contributed by atoms with van der Waals surface area (Å²) in [4.78, 5) is 23.6. The van der Waals surface area contributed by atoms with E-state index in [0.29, 0.717) is 61.5 Å². The number of alkyl halides is 1. The Balaban J connectivity index is 1.25. The number of aliphatic hydroxyl groups is 1. The lowest BCUT2D eigenvalue weighted by molar-refractivity contribution is -0.0418. The molecule has 7 rings (SSSR count). The Morgan fingerprint density at radius 1 is 1.24 bits per heavy atom. The molecule has 3 aromatic heterocycles. The van der Waals surface area contributed by atoms with Gasteiger partial charge in [-0.1, -0.05) is 5.16 Å². The lowest BCUT2D eigenvalue weighted by Crippen LogP contribution is -2.47. The molecular weight excluding hydrogens is 601 g/mol. The Kier molecular flexibility index (Phi) is 7.66. The maximum absolute atomic E-state index is 14.2. The molecule has 3 fully saturated rings. The first kappa shape index (κ1) is 30.2. The van der Waals surface area contributed by atoms with Crippen LogP contribution < -0.4 is 15.4 Å². The average molecular weight is 640 g/mol. The van der Waals surface area contributed by atoms with Crippen molar-refractivity contribution in [3.8, 4) is 23.7 Å². The molecule has 4 aliphatic rings. The number of aryl methyl sites for hydroxylation is 1. The standard InChI is InChI=1S/C30H38FN9O4S/c1-16(20-11-18(31)13-39(20)3)43-28-36-24(35-27(37-28)40-9-10-42-15-30(41,14-40)17-6-7-17)25-34-26(44-38-25)29(2)8-4-5-21-22(29)19(12-32)23(33)45-21/h16-18,20,41H,4-11,13-15,33H2,1-3H3/t16-,18+,20-,29-,30?/m0/s1. The smallest absolute Gasteiger partial charge is 0.322 e. The summed E-state index contributed by atoms with van der Waals surface area (Å²) >= 11 is 1.44. The molecule has 5 heterocycles. The Bertz CT molecular complexity index is 1620. The number of anilines is 2. The molecule has 0 spiro atoms. The molecule has 13 nitrogen and oxygen atoms in total. The van der Waals surface area contributed by atoms with Crippen LogP contribution in [-0.4, -0.2) is 98.9 Å². The number of thiophene rings is 1. The number of hydrogen-bond acceptors (Lipinski definition) is 14. The summed E-state index contributed by atoms with van der Waals surface area (Å²) in [6.45, 7) is 5.60. The topological polar surface area (TPSA) is 173 Å². The summed E-state index contributed by atoms with van der Waals surface area (Å²) in [6.07, 6.45) is 3.34. The number of nitrogens with zero attached hydrogens (tertiary/aromatic N) is 8. The Hall–Kier alpha value is -3.45. The van der Waals surface area contributed by atoms with Gasteiger partial charge in [0, 0.05) is 29.6 Å². The third-order valence-electron chi connectivity index (χ3n) is 9.78. The van der Waals surface area contributed by atoms with Gasteiger partial charge in [0.25, 0.3) is 0 Å². The van der Waals surface area contributed by atoms with Gasteiger partial charge in [0.15, 0.2) is 0 Å². The largest absolute Gasteiger partial charge is 0.459 e. The maximum atomic E-state index is 14.2. The molecule has 240 valence electrons. The number of β-amino-alcohol motifs (C(OH)–C–C–N with tert-alkyl or cyclic N) is 1. The zero-order valence-corrected chi connectivity index (χ0v) is 26.5. The van der Waals surface area contributed by atoms with E-state index in [1.807, 2.05) is 30.7 Å². The quantitative estimate of drug-likeness (QED) is 0.387. The number of likely N-dealkylation sites (N-methyl/N-ethyl adjacent to an activating group) is 1. The van der Waals surface area contributed by atoms with Gasteiger partial charge in [0.1, 0.15) is 28.9 Å². The van der Waals surface area contributed by atoms with Gasteiger partial charge in [-0.25, -0.2) is 4.39 Å². The highest BCUT2D eigenvalue weighted by Crippen LogP contribution is 2.48. The number of nitrogens with two attached hydrogens (primary N) is 1. The molecule has 0 aromatic carbocycles. The first-order valence-electron chi connectivity index (χ1n) is 15.6. The predicted octanol–water partition coefficient (Wildman–Crippen LogP) is 2.87. The summed E-state index contributed by atoms with van der Waals surface area (Å²) in [5, 5.41) is 26.1. The van der Waals surface area contributed by atoms with Crippen molar-refractivity contribution in [1.82, 2.24) is 30.0 Å². The van der Waals surface area contributed by atoms with Gasteiger partial charge >= 0.3 is 6.01 Å². The summed E-state index contributed by atoms with van der Waals surface area (Å²) in [5.41, 5.74) is 5.80. The van der Waals surface area contributed by atoms with Crippen LogP contribution in [0.1, 0.15) is 67.8 Å². The molecule has 2 saturated heterocycles. The van der Waals surface area contributed by atoms with Gasteiger partial charge in [0.05, 0.1) is 30.7 Å². The van der Waals surface area contributed by atoms with Gasteiger partial charge in [-0.15, -0.1) is 11.3 Å². The minimum Gasteiger partial charge on any atom is -0.459 e. The summed E-state index contributed by atoms with van der Waals surface area (Å²) in [7, 11) is 1.88. The summed E-state index contributed by atoms with van der Waals surface area (Å²) in [6, 6.07) is 2.17. The molecular formula is C30H38FN9O4S. The van der Waals surface area contributed by atoms with Crippen molar-refractivity contribution in [2.45, 2.75) is 81.7 Å². The second-order valence-electron chi connectivity index (χ2n) is 13.1. The number of nitriles is 1. The number of ether oxygens (including phenoxy) is 2. The lowest BCUT2D eigenvalue weighted by atomic mass is 9.72. The first-order chi connectivity index (χ1) is 21.6. The Morgan fingerprint density at radius 3 is 2.80 bits per heavy atom. The molecule has 0 bridgehead atoms. The fraction of sp³-hybridized carbons (Fsp3) is 0.667. The fourth-order valence-corrected chi connectivity index (χ4v) is 8.36. The van der Waals surface area contributed by atoms with Gasteiger partial charge in [0.2, 0.25) is 23.5 Å². The second-order valence-corrected chi connectivity index (χ2v) is 14.3. The van der Waals surface area contributed by atoms with Crippen LogP contribution in [0.25, 0.3) is 11.6 Å². The van der Waals surface area contributed by atoms with Crippen LogP contribution in [0.5, 0.6) is 6.01 Å². The van der Waals surface area contributed by atoms with Crippen molar-refractivity contribution >= 4 is 22.3 Å². The van der Waals surface area contributed by atoms with Crippen molar-refractivity contribution in [3.63, 3.8) is 0 Å². The number of nitrogen functional groups attached to an aromatic ring is 1. The molecule has 1 unspecified atom stereocenters. The molecule has 1 saturated carbocycles. The van der Waals surface area contributed by atoms with Crippen molar-refractivity contribution < 1.29 is 23.5 Å². The van der Waals surface area contributed by atoms with Gasteiger partial charge in [-0.3, -0.25) is 4.90 Å². The molecule has 2 aliphatic heterocycles. The number of fused-ring (bicyclic) bond motifs is 1. The van der Waals surface area contributed by atoms with Crippen LogP contribution in [0.15, 0.2) is 4.52 Å². The van der Waals surface area contributed by atoms with Gasteiger partial charge < -0.3 is 29.7 Å². The molecule has 3 aromatic rings.